The average molecular weight is 165 g/mol. The number of hydrogen-bond donors (Lipinski definition) is 0. The Bertz CT molecular complexity index is 292. The molecule has 0 saturated carbocycles. The minimum Gasteiger partial charge on any atom is -0.619 e. The van der Waals surface area contributed by atoms with Crippen LogP contribution in [0.5, 0.6) is 0 Å². The van der Waals surface area contributed by atoms with E-state index in [1.165, 1.54) is 5.56 Å². The van der Waals surface area contributed by atoms with Gasteiger partial charge < -0.3 is 5.21 Å². The van der Waals surface area contributed by atoms with Gasteiger partial charge in [-0.25, -0.2) is 0 Å². The fourth-order valence-electron chi connectivity index (χ4n) is 1.38. The Kier molecular flexibility index (Phi) is 2.36. The van der Waals surface area contributed by atoms with Gasteiger partial charge in [0.05, 0.1) is 0 Å². The van der Waals surface area contributed by atoms with Gasteiger partial charge in [0.15, 0.2) is 11.9 Å². The minimum absolute atomic E-state index is 0.491. The second-order valence-electron chi connectivity index (χ2n) is 3.53. The summed E-state index contributed by atoms with van der Waals surface area (Å²) < 4.78 is 0.918. The first kappa shape index (κ1) is 9.04. The second-order valence-corrected chi connectivity index (χ2v) is 3.53. The summed E-state index contributed by atoms with van der Waals surface area (Å²) in [4.78, 5) is 0. The maximum atomic E-state index is 11.1. The predicted octanol–water partition coefficient (Wildman–Crippen LogP) is 2.06. The van der Waals surface area contributed by atoms with Crippen LogP contribution in [0.4, 0.5) is 0 Å². The van der Waals surface area contributed by atoms with Gasteiger partial charge >= 0.3 is 0 Å². The number of hydrogen-bond acceptors (Lipinski definition) is 1. The molecule has 2 heteroatoms. The lowest BCUT2D eigenvalue weighted by atomic mass is 9.99. The van der Waals surface area contributed by atoms with Gasteiger partial charge in [-0.1, -0.05) is 13.8 Å². The second kappa shape index (κ2) is 3.13. The molecule has 0 bridgehead atoms. The first-order chi connectivity index (χ1) is 5.52. The van der Waals surface area contributed by atoms with Crippen LogP contribution in [0.3, 0.4) is 0 Å². The summed E-state index contributed by atoms with van der Waals surface area (Å²) in [5.41, 5.74) is 3.11. The molecule has 0 N–H and O–H groups in total. The van der Waals surface area contributed by atoms with Crippen molar-refractivity contribution in [2.24, 2.45) is 0 Å². The van der Waals surface area contributed by atoms with E-state index in [4.69, 9.17) is 0 Å². The topological polar surface area (TPSA) is 26.9 Å². The van der Waals surface area contributed by atoms with Crippen molar-refractivity contribution in [1.82, 2.24) is 0 Å². The van der Waals surface area contributed by atoms with Crippen LogP contribution < -0.4 is 4.73 Å². The van der Waals surface area contributed by atoms with Crippen LogP contribution >= 0.6 is 0 Å². The third-order valence-electron chi connectivity index (χ3n) is 2.10. The molecule has 1 heterocycles. The van der Waals surface area contributed by atoms with E-state index in [9.17, 15) is 5.21 Å². The van der Waals surface area contributed by atoms with Crippen LogP contribution in [0.2, 0.25) is 0 Å². The first-order valence-corrected chi connectivity index (χ1v) is 4.22. The fourth-order valence-corrected chi connectivity index (χ4v) is 1.38. The van der Waals surface area contributed by atoms with Gasteiger partial charge in [0.2, 0.25) is 0 Å². The van der Waals surface area contributed by atoms with E-state index in [1.54, 1.807) is 6.20 Å². The van der Waals surface area contributed by atoms with E-state index >= 15 is 0 Å². The molecule has 1 rings (SSSR count). The summed E-state index contributed by atoms with van der Waals surface area (Å²) in [6.45, 7) is 8.08. The van der Waals surface area contributed by atoms with Crippen LogP contribution in [0, 0.1) is 19.1 Å². The van der Waals surface area contributed by atoms with Crippen molar-refractivity contribution in [3.8, 4) is 0 Å². The Morgan fingerprint density at radius 2 is 1.92 bits per heavy atom. The zero-order chi connectivity index (χ0) is 9.30. The van der Waals surface area contributed by atoms with Crippen LogP contribution in [-0.4, -0.2) is 0 Å². The van der Waals surface area contributed by atoms with Gasteiger partial charge in [-0.2, -0.15) is 4.73 Å². The first-order valence-electron chi connectivity index (χ1n) is 4.22. The lowest BCUT2D eigenvalue weighted by molar-refractivity contribution is -0.612. The van der Waals surface area contributed by atoms with E-state index < -0.39 is 0 Å². The normalized spacial score (nSPS) is 10.8. The van der Waals surface area contributed by atoms with E-state index in [2.05, 4.69) is 13.8 Å². The van der Waals surface area contributed by atoms with Crippen molar-refractivity contribution >= 4 is 0 Å². The van der Waals surface area contributed by atoms with Gasteiger partial charge in [0.1, 0.15) is 0 Å². The number of rotatable bonds is 1. The number of nitrogens with zero attached hydrogens (tertiary/aromatic N) is 1. The van der Waals surface area contributed by atoms with Gasteiger partial charge in [-0.05, 0) is 18.4 Å². The number of pyridine rings is 1. The van der Waals surface area contributed by atoms with E-state index in [1.807, 2.05) is 19.9 Å². The van der Waals surface area contributed by atoms with Gasteiger partial charge in [0.25, 0.3) is 0 Å². The standard InChI is InChI=1S/C10H15NO/c1-7(2)10-5-9(4)11(12)6-8(10)3/h5-7H,1-4H3. The Morgan fingerprint density at radius 1 is 1.33 bits per heavy atom. The third-order valence-corrected chi connectivity index (χ3v) is 2.10. The predicted molar refractivity (Wildman–Crippen MR) is 49.0 cm³/mol. The van der Waals surface area contributed by atoms with Crippen molar-refractivity contribution in [3.05, 3.63) is 34.3 Å². The van der Waals surface area contributed by atoms with Crippen LogP contribution in [0.15, 0.2) is 12.3 Å². The molecule has 2 nitrogen and oxygen atoms in total. The molecular formula is C10H15NO. The van der Waals surface area contributed by atoms with Crippen LogP contribution in [-0.2, 0) is 0 Å². The molecule has 1 aromatic rings. The minimum atomic E-state index is 0.491. The van der Waals surface area contributed by atoms with E-state index in [0.29, 0.717) is 5.92 Å². The number of aryl methyl sites for hydroxylation is 2. The van der Waals surface area contributed by atoms with Crippen LogP contribution in [0.25, 0.3) is 0 Å². The highest BCUT2D eigenvalue weighted by Crippen LogP contribution is 2.17. The highest BCUT2D eigenvalue weighted by Gasteiger charge is 2.08. The van der Waals surface area contributed by atoms with Crippen molar-refractivity contribution in [2.75, 3.05) is 0 Å². The molecule has 0 radical (unpaired) electrons. The molecule has 0 aliphatic carbocycles. The van der Waals surface area contributed by atoms with Crippen molar-refractivity contribution in [1.29, 1.82) is 0 Å². The third kappa shape index (κ3) is 1.58. The maximum absolute atomic E-state index is 11.1. The SMILES string of the molecule is Cc1c[n+]([O-])c(C)cc1C(C)C. The average Bonchev–Trinajstić information content (AvgIpc) is 1.96. The molecule has 12 heavy (non-hydrogen) atoms. The molecule has 0 aromatic carbocycles. The summed E-state index contributed by atoms with van der Waals surface area (Å²) in [7, 11) is 0. The largest absolute Gasteiger partial charge is 0.619 e. The van der Waals surface area contributed by atoms with Crippen molar-refractivity contribution in [3.63, 3.8) is 0 Å². The summed E-state index contributed by atoms with van der Waals surface area (Å²) in [5.74, 6) is 0.491. The smallest absolute Gasteiger partial charge is 0.189 e. The molecule has 0 unspecified atom stereocenters. The monoisotopic (exact) mass is 165 g/mol. The number of aromatic nitrogens is 1. The van der Waals surface area contributed by atoms with Crippen molar-refractivity contribution < 1.29 is 4.73 Å². The zero-order valence-corrected chi connectivity index (χ0v) is 8.09. The lowest BCUT2D eigenvalue weighted by Gasteiger charge is -2.10. The molecule has 0 amide bonds. The van der Waals surface area contributed by atoms with Crippen molar-refractivity contribution in [2.45, 2.75) is 33.6 Å². The highest BCUT2D eigenvalue weighted by atomic mass is 16.5. The summed E-state index contributed by atoms with van der Waals surface area (Å²) in [6, 6.07) is 1.97. The van der Waals surface area contributed by atoms with E-state index in [0.717, 1.165) is 16.0 Å². The Labute approximate surface area is 73.4 Å². The molecule has 1 aromatic heterocycles. The van der Waals surface area contributed by atoms with Crippen LogP contribution in [0.1, 0.15) is 36.6 Å². The summed E-state index contributed by atoms with van der Waals surface area (Å²) in [6.07, 6.45) is 1.64. The molecule has 0 spiro atoms. The van der Waals surface area contributed by atoms with E-state index in [-0.39, 0.29) is 0 Å². The van der Waals surface area contributed by atoms with Gasteiger partial charge in [-0.3, -0.25) is 0 Å². The highest BCUT2D eigenvalue weighted by molar-refractivity contribution is 5.25. The fraction of sp³-hybridized carbons (Fsp3) is 0.500. The molecule has 0 aliphatic heterocycles. The Hall–Kier alpha value is -1.05. The van der Waals surface area contributed by atoms with Gasteiger partial charge in [-0.15, -0.1) is 0 Å². The molecular weight excluding hydrogens is 150 g/mol. The zero-order valence-electron chi connectivity index (χ0n) is 8.09. The van der Waals surface area contributed by atoms with Gasteiger partial charge in [0, 0.05) is 18.6 Å². The quantitative estimate of drug-likeness (QED) is 0.462. The maximum Gasteiger partial charge on any atom is 0.189 e. The molecule has 0 atom stereocenters. The Balaban J connectivity index is 3.23. The molecule has 0 aliphatic rings. The summed E-state index contributed by atoms with van der Waals surface area (Å²) >= 11 is 0. The Morgan fingerprint density at radius 3 is 2.42 bits per heavy atom. The lowest BCUT2D eigenvalue weighted by Crippen LogP contribution is -2.30. The molecule has 66 valence electrons. The molecule has 0 saturated heterocycles. The summed E-state index contributed by atoms with van der Waals surface area (Å²) in [5, 5.41) is 11.1. The molecule has 0 fully saturated rings.